The standard InChI is InChI=1S/C58H66O11.2C4H9.Sn/c1-58(2)67-41-51(69-58)55(64-37-45-27-15-6-16-28-45)56(65-38-46-29-17-7-18-30-46)52(60)48(59)33-49-53(62-35-43-23-11-4-12-24-43)57(66-39-47-31-19-8-20-32-47)54(63-36-44-25-13-5-14-26-44)50(68-49)40-61-34-42-21-9-3-10-22-42;2*1-3-4-2;/h3-32,48-57,59-60H,33-41H2,1-2H3;2*1,3-4H2,2H3;/t48-,49+,50-,51+,52-,53+,54-,55-,56-,57-;;;/m1.../s1. The van der Waals surface area contributed by atoms with Crippen LogP contribution in [0.4, 0.5) is 0 Å². The molecule has 2 heterocycles. The molecule has 6 aromatic rings. The molecule has 418 valence electrons. The topological polar surface area (TPSA) is 124 Å². The van der Waals surface area contributed by atoms with Gasteiger partial charge in [0.15, 0.2) is 5.79 Å². The molecule has 0 saturated carbocycles. The zero-order valence-electron chi connectivity index (χ0n) is 46.3. The van der Waals surface area contributed by atoms with E-state index in [1.165, 1.54) is 25.7 Å². The van der Waals surface area contributed by atoms with Gasteiger partial charge >= 0.3 is 69.5 Å². The minimum atomic E-state index is -1.50. The van der Waals surface area contributed by atoms with Crippen LogP contribution in [0, 0.1) is 0 Å². The predicted octanol–water partition coefficient (Wildman–Crippen LogP) is 12.3. The zero-order valence-corrected chi connectivity index (χ0v) is 49.1. The predicted molar refractivity (Wildman–Crippen MR) is 307 cm³/mol. The summed E-state index contributed by atoms with van der Waals surface area (Å²) in [5.41, 5.74) is 5.73. The summed E-state index contributed by atoms with van der Waals surface area (Å²) in [5.74, 6) is -0.905. The van der Waals surface area contributed by atoms with E-state index in [-0.39, 0.29) is 73.8 Å². The van der Waals surface area contributed by atoms with Crippen molar-refractivity contribution in [1.82, 2.24) is 0 Å². The normalized spacial score (nSPS) is 21.5. The van der Waals surface area contributed by atoms with E-state index < -0.39 is 66.8 Å². The molecule has 0 spiro atoms. The van der Waals surface area contributed by atoms with Crippen molar-refractivity contribution < 1.29 is 52.8 Å². The van der Waals surface area contributed by atoms with Gasteiger partial charge in [-0.25, -0.2) is 0 Å². The van der Waals surface area contributed by atoms with Crippen molar-refractivity contribution in [2.45, 2.75) is 175 Å². The van der Waals surface area contributed by atoms with E-state index in [4.69, 9.17) is 42.6 Å². The SMILES string of the molecule is CC1(C)OC[C@@H]([C@@H](OCc2ccccc2)[C@H](OCc2ccccc2)[C@H](O)[C@H](O)C[C@@H]2O[C@H](COCc3ccccc3)[C@@H](OCc3ccccc3)[C@H](OCc3ccccc3)[C@H]2OCc2ccccc2)O1.CCC[CH2][Sn][CH2]CCC. The Labute approximate surface area is 475 Å². The quantitative estimate of drug-likeness (QED) is 0.0319. The van der Waals surface area contributed by atoms with Gasteiger partial charge in [-0.15, -0.1) is 0 Å². The molecule has 78 heavy (non-hydrogen) atoms. The summed E-state index contributed by atoms with van der Waals surface area (Å²) in [7, 11) is 0. The molecule has 10 atom stereocenters. The van der Waals surface area contributed by atoms with Crippen LogP contribution in [-0.4, -0.2) is 111 Å². The second-order valence-electron chi connectivity index (χ2n) is 20.6. The van der Waals surface area contributed by atoms with Gasteiger partial charge in [0.25, 0.3) is 0 Å². The van der Waals surface area contributed by atoms with Crippen LogP contribution in [0.5, 0.6) is 0 Å². The first-order valence-corrected chi connectivity index (χ1v) is 32.2. The van der Waals surface area contributed by atoms with Gasteiger partial charge in [-0.1, -0.05) is 182 Å². The molecule has 6 aromatic carbocycles. The first kappa shape index (κ1) is 61.3. The van der Waals surface area contributed by atoms with Gasteiger partial charge in [0.1, 0.15) is 48.8 Å². The molecule has 2 radical (unpaired) electrons. The number of aliphatic hydroxyl groups is 2. The van der Waals surface area contributed by atoms with Crippen molar-refractivity contribution in [3.05, 3.63) is 215 Å². The average Bonchev–Trinajstić information content (AvgIpc) is 3.91. The molecule has 2 saturated heterocycles. The van der Waals surface area contributed by atoms with E-state index in [0.717, 1.165) is 33.4 Å². The Hall–Kier alpha value is -4.32. The Morgan fingerprint density at radius 1 is 0.513 bits per heavy atom. The summed E-state index contributed by atoms with van der Waals surface area (Å²) >= 11 is 0.149. The maximum atomic E-state index is 12.6. The van der Waals surface area contributed by atoms with Gasteiger partial charge in [0.2, 0.25) is 0 Å². The molecular formula is C66H84O11Sn. The summed E-state index contributed by atoms with van der Waals surface area (Å²) in [4.78, 5) is 0. The second-order valence-corrected chi connectivity index (χ2v) is 24.9. The summed E-state index contributed by atoms with van der Waals surface area (Å²) in [6.45, 7) is 10.0. The number of unbranched alkanes of at least 4 members (excludes halogenated alkanes) is 2. The Morgan fingerprint density at radius 2 is 0.910 bits per heavy atom. The van der Waals surface area contributed by atoms with Gasteiger partial charge in [0.05, 0.1) is 65.1 Å². The number of benzene rings is 6. The first-order valence-electron chi connectivity index (χ1n) is 28.1. The van der Waals surface area contributed by atoms with Crippen LogP contribution in [-0.2, 0) is 82.3 Å². The molecule has 2 N–H and O–H groups in total. The van der Waals surface area contributed by atoms with Gasteiger partial charge in [-0.2, -0.15) is 0 Å². The molecule has 0 amide bonds. The van der Waals surface area contributed by atoms with E-state index in [9.17, 15) is 10.2 Å². The molecule has 0 bridgehead atoms. The fraction of sp³-hybridized carbons (Fsp3) is 0.455. The second kappa shape index (κ2) is 34.1. The third-order valence-electron chi connectivity index (χ3n) is 13.9. The van der Waals surface area contributed by atoms with Crippen LogP contribution < -0.4 is 0 Å². The number of rotatable bonds is 31. The molecule has 11 nitrogen and oxygen atoms in total. The van der Waals surface area contributed by atoms with Crippen molar-refractivity contribution in [2.75, 3.05) is 13.2 Å². The molecule has 12 heteroatoms. The van der Waals surface area contributed by atoms with Gasteiger partial charge in [-0.05, 0) is 47.2 Å². The maximum absolute atomic E-state index is 12.6. The molecule has 2 aliphatic heterocycles. The van der Waals surface area contributed by atoms with E-state index in [1.807, 2.05) is 196 Å². The molecular weight excluding hydrogens is 1090 g/mol. The van der Waals surface area contributed by atoms with Crippen molar-refractivity contribution >= 4 is 21.1 Å². The Bertz CT molecular complexity index is 2450. The number of hydrogen-bond acceptors (Lipinski definition) is 11. The monoisotopic (exact) mass is 1170 g/mol. The number of hydrogen-bond donors (Lipinski definition) is 2. The molecule has 0 aromatic heterocycles. The van der Waals surface area contributed by atoms with Crippen molar-refractivity contribution in [3.63, 3.8) is 0 Å². The first-order chi connectivity index (χ1) is 38.2. The van der Waals surface area contributed by atoms with E-state index in [0.29, 0.717) is 6.61 Å². The summed E-state index contributed by atoms with van der Waals surface area (Å²) in [5, 5.41) is 25.2. The third kappa shape index (κ3) is 20.7. The van der Waals surface area contributed by atoms with E-state index in [2.05, 4.69) is 13.8 Å². The van der Waals surface area contributed by atoms with Gasteiger partial charge < -0.3 is 52.8 Å². The molecule has 0 aliphatic carbocycles. The Kier molecular flexibility index (Phi) is 26.8. The van der Waals surface area contributed by atoms with Crippen molar-refractivity contribution in [3.8, 4) is 0 Å². The number of ether oxygens (including phenoxy) is 9. The minimum absolute atomic E-state index is 0.0729. The van der Waals surface area contributed by atoms with Gasteiger partial charge in [0, 0.05) is 6.42 Å². The zero-order chi connectivity index (χ0) is 54.6. The summed E-state index contributed by atoms with van der Waals surface area (Å²) in [6, 6.07) is 59.3. The molecule has 8 rings (SSSR count). The van der Waals surface area contributed by atoms with Gasteiger partial charge in [-0.3, -0.25) is 0 Å². The van der Waals surface area contributed by atoms with Crippen LogP contribution in [0.2, 0.25) is 8.87 Å². The molecule has 0 unspecified atom stereocenters. The Morgan fingerprint density at radius 3 is 1.33 bits per heavy atom. The Balaban J connectivity index is 0.000000899. The summed E-state index contributed by atoms with van der Waals surface area (Å²) < 4.78 is 63.3. The fourth-order valence-electron chi connectivity index (χ4n) is 9.61. The van der Waals surface area contributed by atoms with Crippen LogP contribution in [0.25, 0.3) is 0 Å². The van der Waals surface area contributed by atoms with Crippen LogP contribution in [0.3, 0.4) is 0 Å². The third-order valence-corrected chi connectivity index (χ3v) is 17.9. The van der Waals surface area contributed by atoms with Crippen LogP contribution in [0.15, 0.2) is 182 Å². The average molecular weight is 1170 g/mol. The van der Waals surface area contributed by atoms with Crippen LogP contribution in [0.1, 0.15) is 93.2 Å². The van der Waals surface area contributed by atoms with E-state index >= 15 is 0 Å². The van der Waals surface area contributed by atoms with E-state index in [1.54, 1.807) is 8.87 Å². The molecule has 2 fully saturated rings. The number of aliphatic hydroxyl groups excluding tert-OH is 2. The summed E-state index contributed by atoms with van der Waals surface area (Å²) in [6.07, 6.45) is -3.43. The fourth-order valence-corrected chi connectivity index (χ4v) is 13.8. The molecule has 2 aliphatic rings. The van der Waals surface area contributed by atoms with Crippen molar-refractivity contribution in [2.24, 2.45) is 0 Å². The van der Waals surface area contributed by atoms with Crippen LogP contribution >= 0.6 is 0 Å². The van der Waals surface area contributed by atoms with Crippen molar-refractivity contribution in [1.29, 1.82) is 0 Å².